The fraction of sp³-hybridized carbons (Fsp3) is 0.412. The van der Waals surface area contributed by atoms with E-state index in [-0.39, 0.29) is 5.82 Å². The van der Waals surface area contributed by atoms with E-state index in [1.807, 2.05) is 0 Å². The van der Waals surface area contributed by atoms with Gasteiger partial charge in [0.2, 0.25) is 0 Å². The minimum Gasteiger partial charge on any atom is -0.497 e. The summed E-state index contributed by atoms with van der Waals surface area (Å²) in [4.78, 5) is 2.50. The summed E-state index contributed by atoms with van der Waals surface area (Å²) >= 11 is 1.75. The van der Waals surface area contributed by atoms with Gasteiger partial charge in [-0.3, -0.25) is 0 Å². The van der Waals surface area contributed by atoms with E-state index in [0.29, 0.717) is 11.3 Å². The average Bonchev–Trinajstić information content (AvgIpc) is 2.77. The number of rotatable bonds is 3. The van der Waals surface area contributed by atoms with Gasteiger partial charge in [0.1, 0.15) is 11.6 Å². The summed E-state index contributed by atoms with van der Waals surface area (Å²) in [5.74, 6) is 0.218. The van der Waals surface area contributed by atoms with E-state index >= 15 is 0 Å². The molecule has 112 valence electrons. The molecular formula is C17H20FNOS. The predicted octanol–water partition coefficient (Wildman–Crippen LogP) is 4.21. The minimum atomic E-state index is -0.396. The van der Waals surface area contributed by atoms with Gasteiger partial charge in [0.05, 0.1) is 13.2 Å². The standard InChI is InChI=1S/C17H20FNOS/c1-20-12-7-8-13(14(18)10-12)17(19)16-9-11-5-3-2-4-6-15(11)21-16/h7-10,17H,2-6,19H2,1H3. The van der Waals surface area contributed by atoms with Crippen LogP contribution in [0.3, 0.4) is 0 Å². The number of halogens is 1. The summed E-state index contributed by atoms with van der Waals surface area (Å²) < 4.78 is 19.2. The van der Waals surface area contributed by atoms with Crippen molar-refractivity contribution in [1.82, 2.24) is 0 Å². The smallest absolute Gasteiger partial charge is 0.132 e. The number of benzene rings is 1. The van der Waals surface area contributed by atoms with Gasteiger partial charge in [0.15, 0.2) is 0 Å². The fourth-order valence-corrected chi connectivity index (χ4v) is 4.16. The first-order valence-electron chi connectivity index (χ1n) is 7.39. The van der Waals surface area contributed by atoms with Crippen molar-refractivity contribution in [3.05, 3.63) is 51.0 Å². The van der Waals surface area contributed by atoms with Crippen LogP contribution in [-0.4, -0.2) is 7.11 Å². The summed E-state index contributed by atoms with van der Waals surface area (Å²) in [6.07, 6.45) is 6.06. The van der Waals surface area contributed by atoms with E-state index < -0.39 is 6.04 Å². The normalized spacial score (nSPS) is 16.1. The molecule has 1 atom stereocenters. The highest BCUT2D eigenvalue weighted by atomic mass is 32.1. The van der Waals surface area contributed by atoms with Crippen LogP contribution in [0.5, 0.6) is 5.75 Å². The molecule has 0 bridgehead atoms. The highest BCUT2D eigenvalue weighted by Gasteiger charge is 2.19. The molecule has 2 N–H and O–H groups in total. The molecule has 0 saturated carbocycles. The number of aryl methyl sites for hydroxylation is 2. The van der Waals surface area contributed by atoms with Gasteiger partial charge in [-0.2, -0.15) is 0 Å². The van der Waals surface area contributed by atoms with Crippen LogP contribution < -0.4 is 10.5 Å². The highest BCUT2D eigenvalue weighted by Crippen LogP contribution is 2.35. The first-order valence-corrected chi connectivity index (χ1v) is 8.21. The molecule has 1 aliphatic rings. The molecule has 0 fully saturated rings. The first-order chi connectivity index (χ1) is 10.2. The molecule has 1 aliphatic carbocycles. The molecular weight excluding hydrogens is 285 g/mol. The molecule has 4 heteroatoms. The third kappa shape index (κ3) is 2.97. The number of fused-ring (bicyclic) bond motifs is 1. The van der Waals surface area contributed by atoms with E-state index in [4.69, 9.17) is 10.5 Å². The maximum atomic E-state index is 14.2. The summed E-state index contributed by atoms with van der Waals surface area (Å²) in [7, 11) is 1.53. The Hall–Kier alpha value is -1.39. The van der Waals surface area contributed by atoms with Crippen LogP contribution in [0.2, 0.25) is 0 Å². The lowest BCUT2D eigenvalue weighted by Crippen LogP contribution is -2.12. The molecule has 0 radical (unpaired) electrons. The van der Waals surface area contributed by atoms with E-state index in [1.165, 1.54) is 42.9 Å². The molecule has 1 heterocycles. The lowest BCUT2D eigenvalue weighted by atomic mass is 10.0. The second kappa shape index (κ2) is 6.16. The Balaban J connectivity index is 1.90. The monoisotopic (exact) mass is 305 g/mol. The third-order valence-corrected chi connectivity index (χ3v) is 5.44. The SMILES string of the molecule is COc1ccc(C(N)c2cc3c(s2)CCCCC3)c(F)c1. The number of thiophene rings is 1. The lowest BCUT2D eigenvalue weighted by molar-refractivity contribution is 0.410. The van der Waals surface area contributed by atoms with Crippen LogP contribution in [0.4, 0.5) is 4.39 Å². The van der Waals surface area contributed by atoms with Crippen molar-refractivity contribution in [3.8, 4) is 5.75 Å². The van der Waals surface area contributed by atoms with Gasteiger partial charge in [-0.05, 0) is 43.4 Å². The molecule has 1 aromatic heterocycles. The van der Waals surface area contributed by atoms with Crippen molar-refractivity contribution in [2.24, 2.45) is 5.73 Å². The summed E-state index contributed by atoms with van der Waals surface area (Å²) in [5.41, 5.74) is 8.24. The van der Waals surface area contributed by atoms with Crippen LogP contribution >= 0.6 is 11.3 Å². The average molecular weight is 305 g/mol. The minimum absolute atomic E-state index is 0.301. The van der Waals surface area contributed by atoms with Crippen molar-refractivity contribution in [3.63, 3.8) is 0 Å². The van der Waals surface area contributed by atoms with Gasteiger partial charge in [-0.15, -0.1) is 11.3 Å². The molecule has 2 aromatic rings. The first kappa shape index (κ1) is 14.5. The Labute approximate surface area is 128 Å². The van der Waals surface area contributed by atoms with Gasteiger partial charge in [-0.1, -0.05) is 12.5 Å². The number of ether oxygens (including phenoxy) is 1. The van der Waals surface area contributed by atoms with Crippen molar-refractivity contribution < 1.29 is 9.13 Å². The van der Waals surface area contributed by atoms with Crippen LogP contribution in [0, 0.1) is 5.82 Å². The molecule has 3 rings (SSSR count). The number of hydrogen-bond acceptors (Lipinski definition) is 3. The Morgan fingerprint density at radius 3 is 2.76 bits per heavy atom. The summed E-state index contributed by atoms with van der Waals surface area (Å²) in [5, 5.41) is 0. The molecule has 21 heavy (non-hydrogen) atoms. The van der Waals surface area contributed by atoms with Crippen molar-refractivity contribution in [2.75, 3.05) is 7.11 Å². The molecule has 1 unspecified atom stereocenters. The molecule has 0 spiro atoms. The second-order valence-corrected chi connectivity index (χ2v) is 6.69. The quantitative estimate of drug-likeness (QED) is 0.862. The Morgan fingerprint density at radius 2 is 2.00 bits per heavy atom. The predicted molar refractivity (Wildman–Crippen MR) is 84.6 cm³/mol. The zero-order chi connectivity index (χ0) is 14.8. The zero-order valence-corrected chi connectivity index (χ0v) is 13.0. The van der Waals surface area contributed by atoms with Crippen molar-refractivity contribution >= 4 is 11.3 Å². The maximum Gasteiger partial charge on any atom is 0.132 e. The van der Waals surface area contributed by atoms with Crippen molar-refractivity contribution in [1.29, 1.82) is 0 Å². The van der Waals surface area contributed by atoms with Crippen LogP contribution in [0.15, 0.2) is 24.3 Å². The second-order valence-electron chi connectivity index (χ2n) is 5.52. The van der Waals surface area contributed by atoms with Gasteiger partial charge in [0, 0.05) is 21.4 Å². The van der Waals surface area contributed by atoms with Gasteiger partial charge >= 0.3 is 0 Å². The number of methoxy groups -OCH3 is 1. The van der Waals surface area contributed by atoms with E-state index in [0.717, 1.165) is 17.7 Å². The van der Waals surface area contributed by atoms with Crippen molar-refractivity contribution in [2.45, 2.75) is 38.1 Å². The molecule has 1 aromatic carbocycles. The number of nitrogens with two attached hydrogens (primary N) is 1. The fourth-order valence-electron chi connectivity index (χ4n) is 2.88. The Bertz CT molecular complexity index is 614. The van der Waals surface area contributed by atoms with E-state index in [1.54, 1.807) is 23.5 Å². The van der Waals surface area contributed by atoms with Crippen LogP contribution in [-0.2, 0) is 12.8 Å². The van der Waals surface area contributed by atoms with Crippen LogP contribution in [0.25, 0.3) is 0 Å². The van der Waals surface area contributed by atoms with E-state index in [9.17, 15) is 4.39 Å². The van der Waals surface area contributed by atoms with Crippen LogP contribution in [0.1, 0.15) is 46.2 Å². The molecule has 0 saturated heterocycles. The number of hydrogen-bond donors (Lipinski definition) is 1. The van der Waals surface area contributed by atoms with E-state index in [2.05, 4.69) is 6.07 Å². The van der Waals surface area contributed by atoms with Gasteiger partial charge < -0.3 is 10.5 Å². The molecule has 0 amide bonds. The van der Waals surface area contributed by atoms with Gasteiger partial charge in [-0.25, -0.2) is 4.39 Å². The third-order valence-electron chi connectivity index (χ3n) is 4.11. The maximum absolute atomic E-state index is 14.2. The largest absolute Gasteiger partial charge is 0.497 e. The summed E-state index contributed by atoms with van der Waals surface area (Å²) in [6.45, 7) is 0. The zero-order valence-electron chi connectivity index (χ0n) is 12.2. The summed E-state index contributed by atoms with van der Waals surface area (Å²) in [6, 6.07) is 6.67. The topological polar surface area (TPSA) is 35.2 Å². The Kier molecular flexibility index (Phi) is 4.27. The molecule has 0 aliphatic heterocycles. The lowest BCUT2D eigenvalue weighted by Gasteiger charge is -2.12. The molecule has 2 nitrogen and oxygen atoms in total. The highest BCUT2D eigenvalue weighted by molar-refractivity contribution is 7.12. The Morgan fingerprint density at radius 1 is 1.19 bits per heavy atom. The van der Waals surface area contributed by atoms with Gasteiger partial charge in [0.25, 0.3) is 0 Å².